The molecule has 1 aliphatic heterocycles. The molecular formula is C26H43BrNO5+. The van der Waals surface area contributed by atoms with Crippen molar-refractivity contribution < 1.29 is 28.5 Å². The van der Waals surface area contributed by atoms with Gasteiger partial charge >= 0.3 is 0 Å². The van der Waals surface area contributed by atoms with E-state index in [0.29, 0.717) is 11.8 Å². The Morgan fingerprint density at radius 3 is 2.45 bits per heavy atom. The van der Waals surface area contributed by atoms with Gasteiger partial charge in [0.15, 0.2) is 11.5 Å². The minimum atomic E-state index is -0.565. The third kappa shape index (κ3) is 7.56. The molecule has 1 aliphatic carbocycles. The van der Waals surface area contributed by atoms with Crippen molar-refractivity contribution >= 4 is 15.9 Å². The molecule has 0 bridgehead atoms. The number of nitrogens with zero attached hydrogens (tertiary/aromatic N) is 1. The summed E-state index contributed by atoms with van der Waals surface area (Å²) >= 11 is 3.73. The Morgan fingerprint density at radius 1 is 1.09 bits per heavy atom. The van der Waals surface area contributed by atoms with Crippen LogP contribution in [0.4, 0.5) is 0 Å². The van der Waals surface area contributed by atoms with Crippen molar-refractivity contribution in [3.8, 4) is 11.5 Å². The van der Waals surface area contributed by atoms with E-state index >= 15 is 0 Å². The van der Waals surface area contributed by atoms with Crippen LogP contribution in [0.3, 0.4) is 0 Å². The lowest BCUT2D eigenvalue weighted by atomic mass is 9.73. The van der Waals surface area contributed by atoms with Crippen molar-refractivity contribution in [2.75, 3.05) is 60.3 Å². The number of morpholine rings is 1. The van der Waals surface area contributed by atoms with E-state index in [1.165, 1.54) is 18.4 Å². The largest absolute Gasteiger partial charge is 0.493 e. The zero-order valence-electron chi connectivity index (χ0n) is 20.9. The number of hydrogen-bond donors (Lipinski definition) is 1. The van der Waals surface area contributed by atoms with Crippen molar-refractivity contribution in [3.05, 3.63) is 22.2 Å². The first-order valence-corrected chi connectivity index (χ1v) is 13.2. The molecule has 188 valence electrons. The minimum absolute atomic E-state index is 0.415. The Hall–Kier alpha value is -0.860. The van der Waals surface area contributed by atoms with Gasteiger partial charge in [0.1, 0.15) is 26.2 Å². The molecule has 2 unspecified atom stereocenters. The maximum absolute atomic E-state index is 10.4. The maximum Gasteiger partial charge on any atom is 0.161 e. The highest BCUT2D eigenvalue weighted by atomic mass is 79.9. The lowest BCUT2D eigenvalue weighted by Gasteiger charge is -2.41. The summed E-state index contributed by atoms with van der Waals surface area (Å²) in [5, 5.41) is 10.4. The fraction of sp³-hybridized carbons (Fsp3) is 0.769. The van der Waals surface area contributed by atoms with Crippen LogP contribution in [0.25, 0.3) is 0 Å². The van der Waals surface area contributed by atoms with E-state index in [-0.39, 0.29) is 0 Å². The zero-order valence-corrected chi connectivity index (χ0v) is 22.5. The number of hydrogen-bond acceptors (Lipinski definition) is 5. The second-order valence-electron chi connectivity index (χ2n) is 10.4. The molecule has 7 heteroatoms. The zero-order chi connectivity index (χ0) is 23.9. The van der Waals surface area contributed by atoms with Gasteiger partial charge in [-0.25, -0.2) is 0 Å². The molecule has 1 saturated heterocycles. The molecule has 2 fully saturated rings. The molecule has 0 amide bonds. The van der Waals surface area contributed by atoms with Crippen LogP contribution in [-0.2, 0) is 16.0 Å². The molecule has 1 heterocycles. The molecule has 6 nitrogen and oxygen atoms in total. The standard InChI is InChI=1S/C26H43BrNO5/c1-26(2,29)22-7-5-6-20(16-22)8-12-32-13-9-28(10-14-33-15-11-28)19-21-17-24(30-3)25(31-4)18-23(21)27/h17-18,20,22,29H,5-16,19H2,1-4H3/q+1. The van der Waals surface area contributed by atoms with Crippen LogP contribution < -0.4 is 9.47 Å². The summed E-state index contributed by atoms with van der Waals surface area (Å²) in [6.45, 7) is 10.9. The van der Waals surface area contributed by atoms with Gasteiger partial charge in [0.2, 0.25) is 0 Å². The van der Waals surface area contributed by atoms with Crippen molar-refractivity contribution in [2.45, 2.75) is 58.1 Å². The molecule has 1 aromatic carbocycles. The molecule has 1 aromatic rings. The van der Waals surface area contributed by atoms with Gasteiger partial charge < -0.3 is 28.5 Å². The molecule has 0 radical (unpaired) electrons. The first-order chi connectivity index (χ1) is 15.8. The van der Waals surface area contributed by atoms with Gasteiger partial charge in [-0.05, 0) is 57.1 Å². The SMILES string of the molecule is COc1cc(Br)c(C[N+]2(CCOCCC3CCCC(C(C)(C)O)C3)CCOCC2)cc1OC. The smallest absolute Gasteiger partial charge is 0.161 e. The number of quaternary nitrogens is 1. The van der Waals surface area contributed by atoms with Crippen molar-refractivity contribution in [1.82, 2.24) is 0 Å². The van der Waals surface area contributed by atoms with Gasteiger partial charge in [-0.3, -0.25) is 0 Å². The second-order valence-corrected chi connectivity index (χ2v) is 11.2. The van der Waals surface area contributed by atoms with Crippen molar-refractivity contribution in [1.29, 1.82) is 0 Å². The van der Waals surface area contributed by atoms with E-state index < -0.39 is 5.60 Å². The predicted molar refractivity (Wildman–Crippen MR) is 134 cm³/mol. The van der Waals surface area contributed by atoms with E-state index in [0.717, 1.165) is 92.3 Å². The number of ether oxygens (including phenoxy) is 4. The van der Waals surface area contributed by atoms with Crippen LogP contribution in [0.15, 0.2) is 16.6 Å². The molecule has 3 rings (SSSR count). The average Bonchev–Trinajstić information content (AvgIpc) is 2.80. The second kappa shape index (κ2) is 12.2. The Balaban J connectivity index is 1.53. The summed E-state index contributed by atoms with van der Waals surface area (Å²) < 4.78 is 24.8. The number of methoxy groups -OCH3 is 2. The summed E-state index contributed by atoms with van der Waals surface area (Å²) in [4.78, 5) is 0. The fourth-order valence-electron chi connectivity index (χ4n) is 5.37. The van der Waals surface area contributed by atoms with E-state index in [4.69, 9.17) is 18.9 Å². The predicted octanol–water partition coefficient (Wildman–Crippen LogP) is 4.80. The van der Waals surface area contributed by atoms with Gasteiger partial charge in [-0.1, -0.05) is 28.8 Å². The Bertz CT molecular complexity index is 745. The van der Waals surface area contributed by atoms with Gasteiger partial charge in [-0.2, -0.15) is 0 Å². The van der Waals surface area contributed by atoms with Crippen LogP contribution >= 0.6 is 15.9 Å². The molecule has 1 saturated carbocycles. The summed E-state index contributed by atoms with van der Waals surface area (Å²) in [5.41, 5.74) is 0.652. The fourth-order valence-corrected chi connectivity index (χ4v) is 5.82. The van der Waals surface area contributed by atoms with Crippen molar-refractivity contribution in [3.63, 3.8) is 0 Å². The third-order valence-electron chi connectivity index (χ3n) is 7.64. The van der Waals surface area contributed by atoms with E-state index in [9.17, 15) is 5.11 Å². The summed E-state index contributed by atoms with van der Waals surface area (Å²) in [7, 11) is 3.34. The van der Waals surface area contributed by atoms with Crippen LogP contribution in [0.5, 0.6) is 11.5 Å². The van der Waals surface area contributed by atoms with E-state index in [1.807, 2.05) is 19.9 Å². The van der Waals surface area contributed by atoms with Crippen LogP contribution in [0.1, 0.15) is 51.5 Å². The Kier molecular flexibility index (Phi) is 9.89. The van der Waals surface area contributed by atoms with Gasteiger partial charge in [0.25, 0.3) is 0 Å². The molecule has 1 N–H and O–H groups in total. The topological polar surface area (TPSA) is 57.2 Å². The lowest BCUT2D eigenvalue weighted by molar-refractivity contribution is -0.947. The molecule has 33 heavy (non-hydrogen) atoms. The number of rotatable bonds is 11. The molecule has 0 spiro atoms. The van der Waals surface area contributed by atoms with Crippen LogP contribution in [-0.4, -0.2) is 75.5 Å². The molecule has 2 atom stereocenters. The molecule has 0 aromatic heterocycles. The highest BCUT2D eigenvalue weighted by molar-refractivity contribution is 9.10. The summed E-state index contributed by atoms with van der Waals surface area (Å²) in [5.74, 6) is 2.58. The lowest BCUT2D eigenvalue weighted by Crippen LogP contribution is -2.56. The van der Waals surface area contributed by atoms with Crippen molar-refractivity contribution in [2.24, 2.45) is 11.8 Å². The normalized spacial score (nSPS) is 23.3. The molecular weight excluding hydrogens is 486 g/mol. The van der Waals surface area contributed by atoms with Crippen LogP contribution in [0, 0.1) is 11.8 Å². The quantitative estimate of drug-likeness (QED) is 0.330. The number of aliphatic hydroxyl groups is 1. The summed E-state index contributed by atoms with van der Waals surface area (Å²) in [6.07, 6.45) is 5.85. The van der Waals surface area contributed by atoms with E-state index in [1.54, 1.807) is 14.2 Å². The minimum Gasteiger partial charge on any atom is -0.493 e. The first kappa shape index (κ1) is 26.7. The van der Waals surface area contributed by atoms with Crippen LogP contribution in [0.2, 0.25) is 0 Å². The van der Waals surface area contributed by atoms with Gasteiger partial charge in [0.05, 0.1) is 39.6 Å². The Labute approximate surface area is 208 Å². The first-order valence-electron chi connectivity index (χ1n) is 12.4. The number of benzene rings is 1. The maximum atomic E-state index is 10.4. The molecule has 2 aliphatic rings. The van der Waals surface area contributed by atoms with Gasteiger partial charge in [0, 0.05) is 16.6 Å². The average molecular weight is 530 g/mol. The summed E-state index contributed by atoms with van der Waals surface area (Å²) in [6, 6.07) is 4.08. The van der Waals surface area contributed by atoms with E-state index in [2.05, 4.69) is 22.0 Å². The highest BCUT2D eigenvalue weighted by Gasteiger charge is 2.33. The van der Waals surface area contributed by atoms with Gasteiger partial charge in [-0.15, -0.1) is 0 Å². The number of halogens is 1. The third-order valence-corrected chi connectivity index (χ3v) is 8.38. The highest BCUT2D eigenvalue weighted by Crippen LogP contribution is 2.37. The Morgan fingerprint density at radius 2 is 1.79 bits per heavy atom. The monoisotopic (exact) mass is 528 g/mol.